The van der Waals surface area contributed by atoms with Crippen LogP contribution in [0.1, 0.15) is 41.9 Å². The third kappa shape index (κ3) is 5.87. The van der Waals surface area contributed by atoms with E-state index >= 15 is 0 Å². The van der Waals surface area contributed by atoms with E-state index in [2.05, 4.69) is 10.3 Å². The Morgan fingerprint density at radius 2 is 2.12 bits per heavy atom. The van der Waals surface area contributed by atoms with Gasteiger partial charge in [-0.3, -0.25) is 9.78 Å². The molecule has 2 N–H and O–H groups in total. The Morgan fingerprint density at radius 1 is 1.32 bits per heavy atom. The molecule has 2 unspecified atom stereocenters. The Labute approximate surface area is 149 Å². The van der Waals surface area contributed by atoms with Gasteiger partial charge in [0.2, 0.25) is 0 Å². The van der Waals surface area contributed by atoms with E-state index in [1.54, 1.807) is 18.3 Å². The molecular weight excluding hydrogens is 316 g/mol. The highest BCUT2D eigenvalue weighted by molar-refractivity contribution is 5.94. The molecular formula is C20H26N2O3. The summed E-state index contributed by atoms with van der Waals surface area (Å²) in [6, 6.07) is 11.0. The van der Waals surface area contributed by atoms with Crippen molar-refractivity contribution in [3.8, 4) is 5.75 Å². The normalized spacial score (nSPS) is 13.1. The molecule has 0 aliphatic carbocycles. The Balaban J connectivity index is 1.91. The molecule has 0 aliphatic heterocycles. The maximum atomic E-state index is 12.3. The van der Waals surface area contributed by atoms with Gasteiger partial charge in [-0.2, -0.15) is 0 Å². The lowest BCUT2D eigenvalue weighted by molar-refractivity contribution is 0.0850. The van der Waals surface area contributed by atoms with Gasteiger partial charge in [-0.1, -0.05) is 32.4 Å². The van der Waals surface area contributed by atoms with Crippen molar-refractivity contribution in [3.63, 3.8) is 0 Å². The number of carbonyl (C=O) groups is 1. The Kier molecular flexibility index (Phi) is 6.95. The van der Waals surface area contributed by atoms with Crippen LogP contribution in [0.2, 0.25) is 0 Å². The highest BCUT2D eigenvalue weighted by atomic mass is 16.5. The third-order valence-corrected chi connectivity index (χ3v) is 4.25. The van der Waals surface area contributed by atoms with Gasteiger partial charge in [0.15, 0.2) is 0 Å². The molecule has 5 heteroatoms. The van der Waals surface area contributed by atoms with Crippen molar-refractivity contribution in [1.29, 1.82) is 0 Å². The lowest BCUT2D eigenvalue weighted by Crippen LogP contribution is -2.35. The summed E-state index contributed by atoms with van der Waals surface area (Å²) in [5, 5.41) is 12.7. The number of ether oxygens (including phenoxy) is 1. The number of carbonyl (C=O) groups excluding carboxylic acids is 1. The summed E-state index contributed by atoms with van der Waals surface area (Å²) in [5.74, 6) is 0.654. The smallest absolute Gasteiger partial charge is 0.251 e. The second-order valence-corrected chi connectivity index (χ2v) is 6.29. The van der Waals surface area contributed by atoms with Crippen LogP contribution in [0.3, 0.4) is 0 Å². The Hall–Kier alpha value is -2.40. The van der Waals surface area contributed by atoms with Crippen LogP contribution in [0.5, 0.6) is 5.75 Å². The number of aryl methyl sites for hydroxylation is 1. The monoisotopic (exact) mass is 342 g/mol. The molecule has 0 fully saturated rings. The topological polar surface area (TPSA) is 71.5 Å². The quantitative estimate of drug-likeness (QED) is 0.773. The minimum atomic E-state index is -0.533. The standard InChI is InChI=1S/C20H26N2O3/c1-4-14(2)19(23)12-22-20(24)17-7-5-6-16(10-17)13-25-18-9-8-15(3)21-11-18/h5-11,14,19,23H,4,12-13H2,1-3H3,(H,22,24). The van der Waals surface area contributed by atoms with Gasteiger partial charge >= 0.3 is 0 Å². The number of hydrogen-bond acceptors (Lipinski definition) is 4. The molecule has 5 nitrogen and oxygen atoms in total. The molecule has 1 aromatic heterocycles. The van der Waals surface area contributed by atoms with Crippen LogP contribution in [0.25, 0.3) is 0 Å². The summed E-state index contributed by atoms with van der Waals surface area (Å²) >= 11 is 0. The first-order chi connectivity index (χ1) is 12.0. The van der Waals surface area contributed by atoms with E-state index in [1.165, 1.54) is 0 Å². The number of benzene rings is 1. The molecule has 0 saturated heterocycles. The van der Waals surface area contributed by atoms with Gasteiger partial charge in [0.25, 0.3) is 5.91 Å². The van der Waals surface area contributed by atoms with Gasteiger partial charge in [-0.05, 0) is 42.7 Å². The Morgan fingerprint density at radius 3 is 2.80 bits per heavy atom. The van der Waals surface area contributed by atoms with Crippen molar-refractivity contribution in [3.05, 3.63) is 59.4 Å². The zero-order valence-corrected chi connectivity index (χ0v) is 15.0. The third-order valence-electron chi connectivity index (χ3n) is 4.25. The molecule has 1 amide bonds. The SMILES string of the molecule is CCC(C)C(O)CNC(=O)c1cccc(COc2ccc(C)nc2)c1. The predicted octanol–water partition coefficient (Wildman–Crippen LogP) is 3.11. The minimum absolute atomic E-state index is 0.156. The number of nitrogens with one attached hydrogen (secondary N) is 1. The Bertz CT molecular complexity index is 686. The molecule has 0 bridgehead atoms. The van der Waals surface area contributed by atoms with Crippen LogP contribution in [0, 0.1) is 12.8 Å². The maximum absolute atomic E-state index is 12.3. The summed E-state index contributed by atoms with van der Waals surface area (Å²) < 4.78 is 5.69. The number of pyridine rings is 1. The van der Waals surface area contributed by atoms with E-state index in [-0.39, 0.29) is 18.4 Å². The van der Waals surface area contributed by atoms with Crippen molar-refractivity contribution in [2.24, 2.45) is 5.92 Å². The molecule has 1 heterocycles. The van der Waals surface area contributed by atoms with E-state index < -0.39 is 6.10 Å². The van der Waals surface area contributed by atoms with Gasteiger partial charge in [-0.15, -0.1) is 0 Å². The molecule has 0 aliphatic rings. The molecule has 25 heavy (non-hydrogen) atoms. The number of rotatable bonds is 8. The molecule has 2 aromatic rings. The summed E-state index contributed by atoms with van der Waals surface area (Å²) in [6.07, 6.45) is 2.02. The first-order valence-corrected chi connectivity index (χ1v) is 8.60. The van der Waals surface area contributed by atoms with Gasteiger partial charge in [-0.25, -0.2) is 0 Å². The number of aromatic nitrogens is 1. The van der Waals surface area contributed by atoms with Crippen LogP contribution in [0.15, 0.2) is 42.6 Å². The molecule has 2 rings (SSSR count). The molecule has 1 aromatic carbocycles. The van der Waals surface area contributed by atoms with Crippen LogP contribution in [0.4, 0.5) is 0 Å². The van der Waals surface area contributed by atoms with Gasteiger partial charge in [0.05, 0.1) is 12.3 Å². The zero-order chi connectivity index (χ0) is 18.2. The maximum Gasteiger partial charge on any atom is 0.251 e. The van der Waals surface area contributed by atoms with Crippen molar-refractivity contribution >= 4 is 5.91 Å². The zero-order valence-electron chi connectivity index (χ0n) is 15.0. The number of aliphatic hydroxyl groups is 1. The largest absolute Gasteiger partial charge is 0.487 e. The first-order valence-electron chi connectivity index (χ1n) is 8.60. The van der Waals surface area contributed by atoms with Crippen LogP contribution in [-0.4, -0.2) is 28.6 Å². The number of nitrogens with zero attached hydrogens (tertiary/aromatic N) is 1. The highest BCUT2D eigenvalue weighted by Gasteiger charge is 2.14. The highest BCUT2D eigenvalue weighted by Crippen LogP contribution is 2.13. The van der Waals surface area contributed by atoms with E-state index in [0.717, 1.165) is 17.7 Å². The molecule has 134 valence electrons. The minimum Gasteiger partial charge on any atom is -0.487 e. The van der Waals surface area contributed by atoms with Gasteiger partial charge in [0, 0.05) is 17.8 Å². The summed E-state index contributed by atoms with van der Waals surface area (Å²) in [5.41, 5.74) is 2.39. The second-order valence-electron chi connectivity index (χ2n) is 6.29. The number of amides is 1. The predicted molar refractivity (Wildman–Crippen MR) is 97.5 cm³/mol. The average Bonchev–Trinajstić information content (AvgIpc) is 2.64. The van der Waals surface area contributed by atoms with Crippen molar-refractivity contribution in [1.82, 2.24) is 10.3 Å². The van der Waals surface area contributed by atoms with Crippen LogP contribution in [-0.2, 0) is 6.61 Å². The average molecular weight is 342 g/mol. The fraction of sp³-hybridized carbons (Fsp3) is 0.400. The van der Waals surface area contributed by atoms with Gasteiger partial charge < -0.3 is 15.2 Å². The van der Waals surface area contributed by atoms with Crippen molar-refractivity contribution in [2.75, 3.05) is 6.54 Å². The lowest BCUT2D eigenvalue weighted by atomic mass is 10.0. The number of hydrogen-bond donors (Lipinski definition) is 2. The van der Waals surface area contributed by atoms with Crippen molar-refractivity contribution < 1.29 is 14.6 Å². The van der Waals surface area contributed by atoms with E-state index in [1.807, 2.05) is 45.0 Å². The molecule has 0 saturated carbocycles. The molecule has 0 radical (unpaired) electrons. The molecule has 0 spiro atoms. The van der Waals surface area contributed by atoms with Crippen molar-refractivity contribution in [2.45, 2.75) is 39.9 Å². The lowest BCUT2D eigenvalue weighted by Gasteiger charge is -2.17. The summed E-state index contributed by atoms with van der Waals surface area (Å²) in [6.45, 7) is 6.52. The summed E-state index contributed by atoms with van der Waals surface area (Å²) in [7, 11) is 0. The van der Waals surface area contributed by atoms with Crippen LogP contribution >= 0.6 is 0 Å². The second kappa shape index (κ2) is 9.18. The van der Waals surface area contributed by atoms with E-state index in [9.17, 15) is 9.90 Å². The molecule has 2 atom stereocenters. The summed E-state index contributed by atoms with van der Waals surface area (Å²) in [4.78, 5) is 16.4. The number of aliphatic hydroxyl groups excluding tert-OH is 1. The van der Waals surface area contributed by atoms with E-state index in [4.69, 9.17) is 4.74 Å². The van der Waals surface area contributed by atoms with E-state index in [0.29, 0.717) is 17.9 Å². The fourth-order valence-corrected chi connectivity index (χ4v) is 2.28. The first kappa shape index (κ1) is 18.9. The fourth-order valence-electron chi connectivity index (χ4n) is 2.28. The van der Waals surface area contributed by atoms with Crippen LogP contribution < -0.4 is 10.1 Å². The van der Waals surface area contributed by atoms with Gasteiger partial charge in [0.1, 0.15) is 12.4 Å².